The standard InChI is InChI=1S/C33H31N5O6/c1-34-28(39)23(29(40)35(2)32(34)43)13-17-5-11-21-22-12-6-18(14-24-30(41)36(3)33(44)37(4)31(24)42)16-26(22)38(25(21)15-17)27(19-7-8-19)20-9-10-20/h5-6,11-16,19-20,27H,7-10H2,1-4H3. The van der Waals surface area contributed by atoms with Crippen molar-refractivity contribution in [2.45, 2.75) is 31.7 Å². The molecule has 1 aromatic heterocycles. The van der Waals surface area contributed by atoms with Gasteiger partial charge in [-0.25, -0.2) is 9.59 Å². The first-order valence-electron chi connectivity index (χ1n) is 14.7. The highest BCUT2D eigenvalue weighted by Gasteiger charge is 2.44. The number of amides is 8. The van der Waals surface area contributed by atoms with Crippen molar-refractivity contribution in [1.29, 1.82) is 0 Å². The molecule has 224 valence electrons. The molecule has 2 saturated heterocycles. The predicted molar refractivity (Wildman–Crippen MR) is 162 cm³/mol. The number of carbonyl (C=O) groups is 6. The van der Waals surface area contributed by atoms with Gasteiger partial charge < -0.3 is 4.57 Å². The van der Waals surface area contributed by atoms with Crippen molar-refractivity contribution in [2.24, 2.45) is 11.8 Å². The summed E-state index contributed by atoms with van der Waals surface area (Å²) in [4.78, 5) is 79.7. The summed E-state index contributed by atoms with van der Waals surface area (Å²) in [5, 5.41) is 2.02. The molecule has 3 aromatic rings. The highest BCUT2D eigenvalue weighted by molar-refractivity contribution is 6.31. The molecule has 44 heavy (non-hydrogen) atoms. The number of urea groups is 2. The highest BCUT2D eigenvalue weighted by Crippen LogP contribution is 2.54. The van der Waals surface area contributed by atoms with Crippen molar-refractivity contribution in [3.8, 4) is 0 Å². The van der Waals surface area contributed by atoms with Crippen molar-refractivity contribution in [1.82, 2.24) is 24.2 Å². The van der Waals surface area contributed by atoms with Crippen LogP contribution in [0, 0.1) is 11.8 Å². The van der Waals surface area contributed by atoms with E-state index in [0.29, 0.717) is 23.0 Å². The lowest BCUT2D eigenvalue weighted by atomic mass is 10.0. The maximum absolute atomic E-state index is 12.9. The van der Waals surface area contributed by atoms with Gasteiger partial charge in [-0.3, -0.25) is 38.8 Å². The molecule has 0 bridgehead atoms. The molecular formula is C33H31N5O6. The number of barbiturate groups is 2. The molecular weight excluding hydrogens is 562 g/mol. The fourth-order valence-electron chi connectivity index (χ4n) is 6.55. The van der Waals surface area contributed by atoms with Gasteiger partial charge >= 0.3 is 12.1 Å². The molecule has 4 aliphatic rings. The molecule has 8 amide bonds. The predicted octanol–water partition coefficient (Wildman–Crippen LogP) is 4.02. The van der Waals surface area contributed by atoms with Crippen molar-refractivity contribution in [3.63, 3.8) is 0 Å². The highest BCUT2D eigenvalue weighted by atomic mass is 16.2. The molecule has 7 rings (SSSR count). The van der Waals surface area contributed by atoms with Crippen LogP contribution in [0.25, 0.3) is 34.0 Å². The molecule has 2 aromatic carbocycles. The van der Waals surface area contributed by atoms with Gasteiger partial charge in [0.15, 0.2) is 0 Å². The first-order valence-corrected chi connectivity index (χ1v) is 14.7. The molecule has 2 aliphatic carbocycles. The number of imide groups is 4. The Labute approximate surface area is 252 Å². The SMILES string of the molecule is CN1C(=O)C(=Cc2ccc3c4ccc(C=C5C(=O)N(C)C(=O)N(C)C5=O)cc4n(C(C4CC4)C4CC4)c3c2)C(=O)N(C)C1=O. The van der Waals surface area contributed by atoms with Gasteiger partial charge in [-0.2, -0.15) is 0 Å². The van der Waals surface area contributed by atoms with E-state index >= 15 is 0 Å². The van der Waals surface area contributed by atoms with Crippen molar-refractivity contribution in [2.75, 3.05) is 28.2 Å². The smallest absolute Gasteiger partial charge is 0.333 e. The monoisotopic (exact) mass is 593 g/mol. The molecule has 0 radical (unpaired) electrons. The van der Waals surface area contributed by atoms with E-state index < -0.39 is 35.7 Å². The minimum Gasteiger partial charge on any atom is -0.337 e. The maximum atomic E-state index is 12.9. The molecule has 0 N–H and O–H groups in total. The summed E-state index contributed by atoms with van der Waals surface area (Å²) < 4.78 is 2.36. The third-order valence-electron chi connectivity index (χ3n) is 9.27. The summed E-state index contributed by atoms with van der Waals surface area (Å²) >= 11 is 0. The zero-order chi connectivity index (χ0) is 31.2. The van der Waals surface area contributed by atoms with Gasteiger partial charge in [0.05, 0.1) is 0 Å². The molecule has 11 heteroatoms. The second-order valence-corrected chi connectivity index (χ2v) is 12.2. The largest absolute Gasteiger partial charge is 0.337 e. The van der Waals surface area contributed by atoms with E-state index in [1.54, 1.807) is 12.2 Å². The lowest BCUT2D eigenvalue weighted by molar-refractivity contribution is -0.135. The summed E-state index contributed by atoms with van der Waals surface area (Å²) in [5.41, 5.74) is 3.09. The Kier molecular flexibility index (Phi) is 6.14. The van der Waals surface area contributed by atoms with E-state index in [1.165, 1.54) is 28.2 Å². The van der Waals surface area contributed by atoms with Crippen LogP contribution in [0.5, 0.6) is 0 Å². The van der Waals surface area contributed by atoms with Crippen LogP contribution in [0.15, 0.2) is 47.5 Å². The van der Waals surface area contributed by atoms with Crippen LogP contribution in [0.3, 0.4) is 0 Å². The average molecular weight is 594 g/mol. The number of nitrogens with zero attached hydrogens (tertiary/aromatic N) is 5. The number of carbonyl (C=O) groups excluding carboxylic acids is 6. The molecule has 0 atom stereocenters. The quantitative estimate of drug-likeness (QED) is 0.326. The number of likely N-dealkylation sites (N-methyl/N-ethyl adjacent to an activating group) is 4. The molecule has 2 aliphatic heterocycles. The molecule has 0 unspecified atom stereocenters. The van der Waals surface area contributed by atoms with Gasteiger partial charge in [-0.15, -0.1) is 0 Å². The van der Waals surface area contributed by atoms with Crippen LogP contribution >= 0.6 is 0 Å². The minimum atomic E-state index is -0.670. The summed E-state index contributed by atoms with van der Waals surface area (Å²) in [6, 6.07) is 10.6. The van der Waals surface area contributed by atoms with Gasteiger partial charge in [0.25, 0.3) is 23.6 Å². The van der Waals surface area contributed by atoms with Crippen LogP contribution in [0.2, 0.25) is 0 Å². The second-order valence-electron chi connectivity index (χ2n) is 12.2. The minimum absolute atomic E-state index is 0.0818. The third kappa shape index (κ3) is 4.17. The molecule has 2 saturated carbocycles. The Balaban J connectivity index is 1.40. The van der Waals surface area contributed by atoms with Gasteiger partial charge in [0, 0.05) is 56.0 Å². The summed E-state index contributed by atoms with van der Waals surface area (Å²) in [5.74, 6) is -1.50. The van der Waals surface area contributed by atoms with E-state index in [0.717, 1.165) is 67.1 Å². The Bertz CT molecular complexity index is 1740. The van der Waals surface area contributed by atoms with Crippen LogP contribution in [-0.2, 0) is 19.2 Å². The van der Waals surface area contributed by atoms with Gasteiger partial charge in [-0.05, 0) is 72.9 Å². The average Bonchev–Trinajstić information content (AvgIpc) is 3.96. The fraction of sp³-hybridized carbons (Fsp3) is 0.333. The number of rotatable bonds is 5. The number of benzene rings is 2. The van der Waals surface area contributed by atoms with Gasteiger partial charge in [0.2, 0.25) is 0 Å². The number of fused-ring (bicyclic) bond motifs is 3. The molecule has 3 heterocycles. The Morgan fingerprint density at radius 3 is 1.23 bits per heavy atom. The Morgan fingerprint density at radius 2 is 0.909 bits per heavy atom. The molecule has 0 spiro atoms. The third-order valence-corrected chi connectivity index (χ3v) is 9.27. The van der Waals surface area contributed by atoms with Crippen molar-refractivity contribution < 1.29 is 28.8 Å². The first-order chi connectivity index (χ1) is 21.0. The lowest BCUT2D eigenvalue weighted by Gasteiger charge is -2.28. The topological polar surface area (TPSA) is 120 Å². The van der Waals surface area contributed by atoms with E-state index in [4.69, 9.17) is 0 Å². The van der Waals surface area contributed by atoms with E-state index in [2.05, 4.69) is 4.57 Å². The maximum Gasteiger partial charge on any atom is 0.333 e. The van der Waals surface area contributed by atoms with Gasteiger partial charge in [-0.1, -0.05) is 24.3 Å². The van der Waals surface area contributed by atoms with Gasteiger partial charge in [0.1, 0.15) is 11.1 Å². The van der Waals surface area contributed by atoms with E-state index in [1.807, 2.05) is 36.4 Å². The normalized spacial score (nSPS) is 19.9. The van der Waals surface area contributed by atoms with Crippen molar-refractivity contribution >= 4 is 69.6 Å². The van der Waals surface area contributed by atoms with Crippen LogP contribution in [-0.4, -0.2) is 88.0 Å². The molecule has 11 nitrogen and oxygen atoms in total. The fourth-order valence-corrected chi connectivity index (χ4v) is 6.55. The molecule has 4 fully saturated rings. The zero-order valence-electron chi connectivity index (χ0n) is 24.9. The number of hydrogen-bond acceptors (Lipinski definition) is 6. The van der Waals surface area contributed by atoms with Crippen LogP contribution in [0.4, 0.5) is 9.59 Å². The Morgan fingerprint density at radius 1 is 0.568 bits per heavy atom. The first kappa shape index (κ1) is 27.8. The van der Waals surface area contributed by atoms with Crippen LogP contribution < -0.4 is 0 Å². The number of aromatic nitrogens is 1. The Hall–Kier alpha value is -5.06. The van der Waals surface area contributed by atoms with Crippen molar-refractivity contribution in [3.05, 3.63) is 58.7 Å². The van der Waals surface area contributed by atoms with E-state index in [9.17, 15) is 28.8 Å². The summed E-state index contributed by atoms with van der Waals surface area (Å²) in [7, 11) is 5.42. The zero-order valence-corrected chi connectivity index (χ0v) is 24.9. The van der Waals surface area contributed by atoms with Crippen LogP contribution in [0.1, 0.15) is 42.9 Å². The second kappa shape index (κ2) is 9.73. The number of hydrogen-bond donors (Lipinski definition) is 0. The van der Waals surface area contributed by atoms with E-state index in [-0.39, 0.29) is 17.2 Å². The summed E-state index contributed by atoms with van der Waals surface area (Å²) in [6.45, 7) is 0. The summed E-state index contributed by atoms with van der Waals surface area (Å²) in [6.07, 6.45) is 7.64. The lowest BCUT2D eigenvalue weighted by Crippen LogP contribution is -2.52.